The van der Waals surface area contributed by atoms with Gasteiger partial charge in [0, 0.05) is 4.47 Å². The third kappa shape index (κ3) is 4.31. The van der Waals surface area contributed by atoms with Crippen molar-refractivity contribution in [3.8, 4) is 0 Å². The molecule has 1 aromatic rings. The van der Waals surface area contributed by atoms with Gasteiger partial charge in [0.05, 0.1) is 6.04 Å². The van der Waals surface area contributed by atoms with Crippen molar-refractivity contribution in [2.45, 2.75) is 32.4 Å². The van der Waals surface area contributed by atoms with Crippen LogP contribution in [-0.4, -0.2) is 22.6 Å². The molecule has 0 aliphatic heterocycles. The number of ether oxygens (including phenoxy) is 1. The number of carbonyl (C=O) groups excluding carboxylic acids is 1. The van der Waals surface area contributed by atoms with Crippen LogP contribution in [0.1, 0.15) is 32.4 Å². The predicted molar refractivity (Wildman–Crippen MR) is 78.0 cm³/mol. The Morgan fingerprint density at radius 2 is 1.85 bits per heavy atom. The standard InChI is InChI=1S/C14H18BrNO4/c1-14(2,3)20-13(19)10(12(17)18)11(16)8-6-4-5-7-9(8)15/h4-7,10-11H,16H2,1-3H3,(H,17,18). The highest BCUT2D eigenvalue weighted by Gasteiger charge is 2.37. The molecule has 2 atom stereocenters. The smallest absolute Gasteiger partial charge is 0.322 e. The zero-order valence-corrected chi connectivity index (χ0v) is 13.2. The number of rotatable bonds is 4. The molecule has 1 rings (SSSR count). The number of nitrogens with two attached hydrogens (primary N) is 1. The van der Waals surface area contributed by atoms with Crippen LogP contribution in [0.3, 0.4) is 0 Å². The van der Waals surface area contributed by atoms with E-state index in [9.17, 15) is 14.7 Å². The SMILES string of the molecule is CC(C)(C)OC(=O)C(C(=O)O)C(N)c1ccccc1Br. The molecule has 0 saturated heterocycles. The Labute approximate surface area is 126 Å². The van der Waals surface area contributed by atoms with Gasteiger partial charge in [0.25, 0.3) is 0 Å². The Balaban J connectivity index is 3.06. The first kappa shape index (κ1) is 16.7. The number of carboxylic acids is 1. The number of carbonyl (C=O) groups is 2. The fourth-order valence-corrected chi connectivity index (χ4v) is 2.24. The average molecular weight is 344 g/mol. The topological polar surface area (TPSA) is 89.6 Å². The largest absolute Gasteiger partial charge is 0.481 e. The molecule has 5 nitrogen and oxygen atoms in total. The van der Waals surface area contributed by atoms with Gasteiger partial charge in [0.2, 0.25) is 0 Å². The minimum absolute atomic E-state index is 0.547. The van der Waals surface area contributed by atoms with Crippen molar-refractivity contribution in [2.75, 3.05) is 0 Å². The number of benzene rings is 1. The molecule has 0 bridgehead atoms. The van der Waals surface area contributed by atoms with E-state index in [1.165, 1.54) is 0 Å². The highest BCUT2D eigenvalue weighted by molar-refractivity contribution is 9.10. The summed E-state index contributed by atoms with van der Waals surface area (Å²) in [5.41, 5.74) is 5.73. The van der Waals surface area contributed by atoms with Gasteiger partial charge in [-0.1, -0.05) is 34.1 Å². The molecule has 0 heterocycles. The lowest BCUT2D eigenvalue weighted by molar-refractivity contribution is -0.167. The fraction of sp³-hybridized carbons (Fsp3) is 0.429. The summed E-state index contributed by atoms with van der Waals surface area (Å²) in [6.45, 7) is 5.02. The van der Waals surface area contributed by atoms with Gasteiger partial charge in [-0.25, -0.2) is 0 Å². The maximum atomic E-state index is 12.0. The third-order valence-corrected chi connectivity index (χ3v) is 3.27. The van der Waals surface area contributed by atoms with E-state index in [1.54, 1.807) is 45.0 Å². The molecule has 6 heteroatoms. The quantitative estimate of drug-likeness (QED) is 0.647. The minimum atomic E-state index is -1.45. The molecule has 0 aromatic heterocycles. The second-order valence-corrected chi connectivity index (χ2v) is 6.25. The molecule has 0 saturated carbocycles. The van der Waals surface area contributed by atoms with Gasteiger partial charge in [-0.3, -0.25) is 9.59 Å². The minimum Gasteiger partial charge on any atom is -0.481 e. The second-order valence-electron chi connectivity index (χ2n) is 5.40. The summed E-state index contributed by atoms with van der Waals surface area (Å²) in [7, 11) is 0. The molecule has 0 spiro atoms. The van der Waals surface area contributed by atoms with Crippen LogP contribution in [0, 0.1) is 5.92 Å². The molecule has 0 amide bonds. The van der Waals surface area contributed by atoms with Crippen molar-refractivity contribution in [2.24, 2.45) is 11.7 Å². The first-order chi connectivity index (χ1) is 9.13. The number of aliphatic carboxylic acids is 1. The lowest BCUT2D eigenvalue weighted by atomic mass is 9.93. The van der Waals surface area contributed by atoms with E-state index in [0.717, 1.165) is 0 Å². The molecular formula is C14H18BrNO4. The van der Waals surface area contributed by atoms with Gasteiger partial charge < -0.3 is 15.6 Å². The zero-order chi connectivity index (χ0) is 15.5. The van der Waals surface area contributed by atoms with E-state index >= 15 is 0 Å². The molecule has 0 fully saturated rings. The molecule has 0 aliphatic carbocycles. The first-order valence-electron chi connectivity index (χ1n) is 6.09. The lowest BCUT2D eigenvalue weighted by Gasteiger charge is -2.25. The Morgan fingerprint density at radius 1 is 1.30 bits per heavy atom. The number of hydrogen-bond acceptors (Lipinski definition) is 4. The van der Waals surface area contributed by atoms with Gasteiger partial charge in [-0.05, 0) is 32.4 Å². The number of esters is 1. The van der Waals surface area contributed by atoms with E-state index in [4.69, 9.17) is 10.5 Å². The number of carboxylic acid groups (broad SMARTS) is 1. The summed E-state index contributed by atoms with van der Waals surface area (Å²) >= 11 is 3.30. The normalized spacial score (nSPS) is 14.4. The highest BCUT2D eigenvalue weighted by atomic mass is 79.9. The molecule has 3 N–H and O–H groups in total. The number of halogens is 1. The van der Waals surface area contributed by atoms with Gasteiger partial charge in [-0.2, -0.15) is 0 Å². The van der Waals surface area contributed by atoms with Crippen LogP contribution in [-0.2, 0) is 14.3 Å². The van der Waals surface area contributed by atoms with Crippen LogP contribution in [0.25, 0.3) is 0 Å². The summed E-state index contributed by atoms with van der Waals surface area (Å²) in [5, 5.41) is 9.27. The Morgan fingerprint density at radius 3 is 2.30 bits per heavy atom. The Hall–Kier alpha value is -1.40. The molecule has 0 radical (unpaired) electrons. The van der Waals surface area contributed by atoms with E-state index < -0.39 is 29.5 Å². The van der Waals surface area contributed by atoms with Gasteiger partial charge in [-0.15, -0.1) is 0 Å². The molecule has 0 aliphatic rings. The highest BCUT2D eigenvalue weighted by Crippen LogP contribution is 2.28. The average Bonchev–Trinajstić information content (AvgIpc) is 2.26. The Kier molecular flexibility index (Phi) is 5.30. The van der Waals surface area contributed by atoms with E-state index in [2.05, 4.69) is 15.9 Å². The summed E-state index contributed by atoms with van der Waals surface area (Å²) in [4.78, 5) is 23.4. The van der Waals surface area contributed by atoms with Crippen LogP contribution in [0.15, 0.2) is 28.7 Å². The Bertz CT molecular complexity index is 510. The first-order valence-corrected chi connectivity index (χ1v) is 6.88. The second kappa shape index (κ2) is 6.37. The van der Waals surface area contributed by atoms with E-state index in [1.807, 2.05) is 0 Å². The summed E-state index contributed by atoms with van der Waals surface area (Å²) in [6.07, 6.45) is 0. The van der Waals surface area contributed by atoms with Gasteiger partial charge >= 0.3 is 11.9 Å². The summed E-state index contributed by atoms with van der Waals surface area (Å²) in [6, 6.07) is 5.94. The van der Waals surface area contributed by atoms with E-state index in [-0.39, 0.29) is 0 Å². The van der Waals surface area contributed by atoms with Crippen molar-refractivity contribution >= 4 is 27.9 Å². The van der Waals surface area contributed by atoms with Crippen LogP contribution < -0.4 is 5.73 Å². The van der Waals surface area contributed by atoms with Crippen LogP contribution in [0.4, 0.5) is 0 Å². The maximum Gasteiger partial charge on any atom is 0.322 e. The van der Waals surface area contributed by atoms with E-state index in [0.29, 0.717) is 10.0 Å². The van der Waals surface area contributed by atoms with Gasteiger partial charge in [0.1, 0.15) is 5.60 Å². The lowest BCUT2D eigenvalue weighted by Crippen LogP contribution is -2.39. The monoisotopic (exact) mass is 343 g/mol. The van der Waals surface area contributed by atoms with Crippen molar-refractivity contribution in [1.82, 2.24) is 0 Å². The van der Waals surface area contributed by atoms with Gasteiger partial charge in [0.15, 0.2) is 5.92 Å². The molecule has 2 unspecified atom stereocenters. The van der Waals surface area contributed by atoms with Crippen LogP contribution in [0.2, 0.25) is 0 Å². The molecule has 20 heavy (non-hydrogen) atoms. The van der Waals surface area contributed by atoms with Crippen molar-refractivity contribution in [3.63, 3.8) is 0 Å². The molecule has 1 aromatic carbocycles. The molecule has 110 valence electrons. The van der Waals surface area contributed by atoms with Crippen molar-refractivity contribution in [3.05, 3.63) is 34.3 Å². The summed E-state index contributed by atoms with van der Waals surface area (Å²) < 4.78 is 5.78. The van der Waals surface area contributed by atoms with Crippen LogP contribution >= 0.6 is 15.9 Å². The third-order valence-electron chi connectivity index (χ3n) is 2.55. The zero-order valence-electron chi connectivity index (χ0n) is 11.6. The maximum absolute atomic E-state index is 12.0. The number of hydrogen-bond donors (Lipinski definition) is 2. The summed E-state index contributed by atoms with van der Waals surface area (Å²) in [5.74, 6) is -3.59. The van der Waals surface area contributed by atoms with Crippen molar-refractivity contribution in [1.29, 1.82) is 0 Å². The predicted octanol–water partition coefficient (Wildman–Crippen LogP) is 2.49. The fourth-order valence-electron chi connectivity index (χ4n) is 1.69. The van der Waals surface area contributed by atoms with Crippen LogP contribution in [0.5, 0.6) is 0 Å². The molecular weight excluding hydrogens is 326 g/mol. The van der Waals surface area contributed by atoms with Crippen molar-refractivity contribution < 1.29 is 19.4 Å².